The first-order valence-electron chi connectivity index (χ1n) is 12.9. The van der Waals surface area contributed by atoms with Gasteiger partial charge in [0.1, 0.15) is 5.75 Å². The Morgan fingerprint density at radius 3 is 1.69 bits per heavy atom. The average molecular weight is 464 g/mol. The number of carbonyl (C=O) groups is 2. The van der Waals surface area contributed by atoms with Crippen LogP contribution in [0.5, 0.6) is 0 Å². The number of unbranched alkanes of at least 4 members (excludes halogenated alkanes) is 15. The van der Waals surface area contributed by atoms with Gasteiger partial charge in [0.25, 0.3) is 5.24 Å². The van der Waals surface area contributed by atoms with Crippen molar-refractivity contribution in [2.75, 3.05) is 17.7 Å². The Morgan fingerprint density at radius 2 is 1.19 bits per heavy atom. The van der Waals surface area contributed by atoms with Gasteiger partial charge in [0.15, 0.2) is 0 Å². The van der Waals surface area contributed by atoms with Crippen LogP contribution in [-0.4, -0.2) is 23.6 Å². The molecule has 182 valence electrons. The Labute approximate surface area is 200 Å². The molecule has 0 aliphatic heterocycles. The second-order valence-electron chi connectivity index (χ2n) is 8.59. The maximum absolute atomic E-state index is 11.8. The number of nitrogens with one attached hydrogen (secondary N) is 1. The Morgan fingerprint density at radius 1 is 0.719 bits per heavy atom. The van der Waals surface area contributed by atoms with Crippen molar-refractivity contribution in [2.24, 2.45) is 0 Å². The number of esters is 1. The molecule has 1 N–H and O–H groups in total. The molecule has 0 aliphatic carbocycles. The zero-order valence-corrected chi connectivity index (χ0v) is 21.1. The fourth-order valence-corrected chi connectivity index (χ4v) is 4.20. The summed E-state index contributed by atoms with van der Waals surface area (Å²) in [5.74, 6) is -0.267. The van der Waals surface area contributed by atoms with E-state index in [1.54, 1.807) is 0 Å². The molecule has 5 heteroatoms. The molecule has 0 fully saturated rings. The summed E-state index contributed by atoms with van der Waals surface area (Å²) < 4.78 is 5.22. The average Bonchev–Trinajstić information content (AvgIpc) is 2.80. The van der Waals surface area contributed by atoms with Crippen LogP contribution < -0.4 is 5.32 Å². The molecule has 0 heterocycles. The first kappa shape index (κ1) is 28.5. The number of amides is 1. The van der Waals surface area contributed by atoms with Gasteiger partial charge >= 0.3 is 5.97 Å². The van der Waals surface area contributed by atoms with E-state index in [9.17, 15) is 9.59 Å². The molecule has 0 aliphatic rings. The quantitative estimate of drug-likeness (QED) is 0.155. The minimum absolute atomic E-state index is 0.0531. The van der Waals surface area contributed by atoms with Crippen LogP contribution in [0.4, 0.5) is 10.5 Å². The minimum atomic E-state index is -0.320. The van der Waals surface area contributed by atoms with E-state index in [-0.39, 0.29) is 17.0 Å². The Hall–Kier alpha value is -1.49. The summed E-state index contributed by atoms with van der Waals surface area (Å²) in [7, 11) is 0. The van der Waals surface area contributed by atoms with Gasteiger partial charge in [-0.2, -0.15) is 0 Å². The van der Waals surface area contributed by atoms with Gasteiger partial charge in [-0.1, -0.05) is 133 Å². The van der Waals surface area contributed by atoms with E-state index in [1.807, 2.05) is 30.3 Å². The highest BCUT2D eigenvalue weighted by Gasteiger charge is 2.08. The van der Waals surface area contributed by atoms with E-state index in [4.69, 9.17) is 4.74 Å². The number of anilines is 1. The van der Waals surface area contributed by atoms with Crippen molar-refractivity contribution in [1.82, 2.24) is 0 Å². The van der Waals surface area contributed by atoms with Gasteiger partial charge in [0.05, 0.1) is 6.61 Å². The van der Waals surface area contributed by atoms with Gasteiger partial charge in [0.2, 0.25) is 0 Å². The van der Waals surface area contributed by atoms with Crippen LogP contribution in [0.2, 0.25) is 0 Å². The SMILES string of the molecule is CCCCCCCCCCCCCCCCCCOC(=O)CSC(=O)Nc1ccccc1. The second kappa shape index (κ2) is 21.4. The van der Waals surface area contributed by atoms with E-state index >= 15 is 0 Å². The molecule has 1 aromatic carbocycles. The lowest BCUT2D eigenvalue weighted by Gasteiger charge is -2.06. The first-order valence-corrected chi connectivity index (χ1v) is 13.9. The maximum atomic E-state index is 11.8. The van der Waals surface area contributed by atoms with Crippen LogP contribution in [0.25, 0.3) is 0 Å². The lowest BCUT2D eigenvalue weighted by atomic mass is 10.0. The fraction of sp³-hybridized carbons (Fsp3) is 0.704. The van der Waals surface area contributed by atoms with Crippen LogP contribution in [0.15, 0.2) is 30.3 Å². The van der Waals surface area contributed by atoms with E-state index in [0.717, 1.165) is 30.3 Å². The number of hydrogen-bond acceptors (Lipinski definition) is 4. The predicted molar refractivity (Wildman–Crippen MR) is 138 cm³/mol. The van der Waals surface area contributed by atoms with E-state index < -0.39 is 0 Å². The topological polar surface area (TPSA) is 55.4 Å². The van der Waals surface area contributed by atoms with Crippen LogP contribution in [0, 0.1) is 0 Å². The van der Waals surface area contributed by atoms with Crippen molar-refractivity contribution in [3.63, 3.8) is 0 Å². The number of rotatable bonds is 20. The summed E-state index contributed by atoms with van der Waals surface area (Å²) in [4.78, 5) is 23.5. The number of ether oxygens (including phenoxy) is 1. The number of para-hydroxylation sites is 1. The molecule has 0 saturated carbocycles. The van der Waals surface area contributed by atoms with Gasteiger partial charge in [-0.15, -0.1) is 0 Å². The minimum Gasteiger partial charge on any atom is -0.465 e. The molecule has 1 aromatic rings. The van der Waals surface area contributed by atoms with Crippen LogP contribution in [0.3, 0.4) is 0 Å². The largest absolute Gasteiger partial charge is 0.465 e. The fourth-order valence-electron chi connectivity index (χ4n) is 3.68. The summed E-state index contributed by atoms with van der Waals surface area (Å²) in [6.45, 7) is 2.73. The van der Waals surface area contributed by atoms with Crippen LogP contribution >= 0.6 is 11.8 Å². The summed E-state index contributed by atoms with van der Waals surface area (Å²) in [5.41, 5.74) is 0.728. The molecule has 32 heavy (non-hydrogen) atoms. The lowest BCUT2D eigenvalue weighted by molar-refractivity contribution is -0.140. The molecule has 0 radical (unpaired) electrons. The smallest absolute Gasteiger partial charge is 0.316 e. The highest BCUT2D eigenvalue weighted by Crippen LogP contribution is 2.14. The molecule has 0 bridgehead atoms. The number of hydrogen-bond donors (Lipinski definition) is 1. The summed E-state index contributed by atoms with van der Waals surface area (Å²) in [5, 5.41) is 2.50. The van der Waals surface area contributed by atoms with Gasteiger partial charge in [-0.25, -0.2) is 0 Å². The molecular weight excluding hydrogens is 418 g/mol. The molecule has 1 rings (SSSR count). The Kier molecular flexibility index (Phi) is 19.1. The lowest BCUT2D eigenvalue weighted by Crippen LogP contribution is -2.13. The highest BCUT2D eigenvalue weighted by molar-refractivity contribution is 8.14. The van der Waals surface area contributed by atoms with Crippen molar-refractivity contribution in [1.29, 1.82) is 0 Å². The monoisotopic (exact) mass is 463 g/mol. The highest BCUT2D eigenvalue weighted by atomic mass is 32.2. The first-order chi connectivity index (χ1) is 15.7. The second-order valence-corrected chi connectivity index (χ2v) is 9.54. The zero-order valence-electron chi connectivity index (χ0n) is 20.2. The molecule has 0 aromatic heterocycles. The van der Waals surface area contributed by atoms with Gasteiger partial charge in [-0.3, -0.25) is 9.59 Å². The number of carbonyl (C=O) groups excluding carboxylic acids is 2. The zero-order chi connectivity index (χ0) is 23.1. The standard InChI is InChI=1S/C27H45NO3S/c1-2-3-4-5-6-7-8-9-10-11-12-13-14-15-16-20-23-31-26(29)24-32-27(30)28-25-21-18-17-19-22-25/h17-19,21-22H,2-16,20,23-24H2,1H3,(H,28,30). The number of thioether (sulfide) groups is 1. The third-order valence-electron chi connectivity index (χ3n) is 5.60. The van der Waals surface area contributed by atoms with E-state index in [1.165, 1.54) is 89.9 Å². The van der Waals surface area contributed by atoms with Crippen molar-refractivity contribution in [3.05, 3.63) is 30.3 Å². The van der Waals surface area contributed by atoms with Crippen molar-refractivity contribution < 1.29 is 14.3 Å². The van der Waals surface area contributed by atoms with Crippen molar-refractivity contribution in [3.8, 4) is 0 Å². The van der Waals surface area contributed by atoms with E-state index in [0.29, 0.717) is 6.61 Å². The molecule has 0 unspecified atom stereocenters. The molecule has 4 nitrogen and oxygen atoms in total. The van der Waals surface area contributed by atoms with Gasteiger partial charge < -0.3 is 10.1 Å². The molecule has 0 saturated heterocycles. The van der Waals surface area contributed by atoms with Gasteiger partial charge in [0, 0.05) is 5.69 Å². The third-order valence-corrected chi connectivity index (χ3v) is 6.35. The summed E-state index contributed by atoms with van der Waals surface area (Å²) in [6.07, 6.45) is 21.2. The summed E-state index contributed by atoms with van der Waals surface area (Å²) in [6, 6.07) is 9.22. The van der Waals surface area contributed by atoms with Gasteiger partial charge in [-0.05, 0) is 18.6 Å². The normalized spacial score (nSPS) is 10.8. The molecular formula is C27H45NO3S. The van der Waals surface area contributed by atoms with Crippen LogP contribution in [-0.2, 0) is 9.53 Å². The third kappa shape index (κ3) is 18.1. The Balaban J connectivity index is 1.79. The Bertz CT molecular complexity index is 580. The predicted octanol–water partition coefficient (Wildman–Crippen LogP) is 8.76. The molecule has 0 atom stereocenters. The molecule has 0 spiro atoms. The summed E-state index contributed by atoms with van der Waals surface area (Å²) >= 11 is 0.944. The number of benzene rings is 1. The van der Waals surface area contributed by atoms with Crippen molar-refractivity contribution >= 4 is 28.7 Å². The van der Waals surface area contributed by atoms with E-state index in [2.05, 4.69) is 12.2 Å². The molecule has 1 amide bonds. The van der Waals surface area contributed by atoms with Crippen molar-refractivity contribution in [2.45, 2.75) is 110 Å². The maximum Gasteiger partial charge on any atom is 0.316 e. The van der Waals surface area contributed by atoms with Crippen LogP contribution in [0.1, 0.15) is 110 Å².